The zero-order valence-electron chi connectivity index (χ0n) is 39.1. The van der Waals surface area contributed by atoms with Crippen LogP contribution in [0, 0.1) is 12.8 Å². The predicted molar refractivity (Wildman–Crippen MR) is 259 cm³/mol. The first-order chi connectivity index (χ1) is 27.7. The van der Waals surface area contributed by atoms with Crippen molar-refractivity contribution in [1.82, 2.24) is 0 Å². The predicted octanol–water partition coefficient (Wildman–Crippen LogP) is 18.0. The SMILES string of the molecule is C/C(=C/CC/C(C)=C/CC/C(C)=C/CC/C(C)=C/Cc1c(C)c(O)c2ccccc2c1O)CC/C=C(/C)CC/C=C(\C)CC/C=C(/C)CC/C=C(\C)CCCC(C)C. The van der Waals surface area contributed by atoms with Gasteiger partial charge in [0.2, 0.25) is 0 Å². The Morgan fingerprint density at radius 2 is 0.741 bits per heavy atom. The number of rotatable bonds is 27. The van der Waals surface area contributed by atoms with Gasteiger partial charge in [0.15, 0.2) is 0 Å². The van der Waals surface area contributed by atoms with Crippen LogP contribution in [-0.2, 0) is 6.42 Å². The van der Waals surface area contributed by atoms with E-state index in [1.54, 1.807) is 5.57 Å². The van der Waals surface area contributed by atoms with E-state index in [4.69, 9.17) is 0 Å². The van der Waals surface area contributed by atoms with Gasteiger partial charge in [-0.3, -0.25) is 0 Å². The van der Waals surface area contributed by atoms with E-state index in [1.165, 1.54) is 84.0 Å². The van der Waals surface area contributed by atoms with Gasteiger partial charge in [-0.25, -0.2) is 0 Å². The Morgan fingerprint density at radius 3 is 1.07 bits per heavy atom. The van der Waals surface area contributed by atoms with E-state index in [9.17, 15) is 10.2 Å². The van der Waals surface area contributed by atoms with Crippen LogP contribution in [0.3, 0.4) is 0 Å². The van der Waals surface area contributed by atoms with Gasteiger partial charge in [0.25, 0.3) is 0 Å². The number of phenolic OH excluding ortho intramolecular Hbond substituents is 2. The lowest BCUT2D eigenvalue weighted by Crippen LogP contribution is -1.92. The van der Waals surface area contributed by atoms with Gasteiger partial charge in [-0.15, -0.1) is 0 Å². The molecule has 0 radical (unpaired) electrons. The molecule has 0 bridgehead atoms. The van der Waals surface area contributed by atoms with Gasteiger partial charge in [0.1, 0.15) is 11.5 Å². The molecule has 0 aliphatic rings. The zero-order chi connectivity index (χ0) is 42.9. The third-order valence-electron chi connectivity index (χ3n) is 11.8. The normalized spacial score (nSPS) is 14.4. The van der Waals surface area contributed by atoms with Gasteiger partial charge in [-0.05, 0) is 183 Å². The first kappa shape index (κ1) is 50.4. The highest BCUT2D eigenvalue weighted by Gasteiger charge is 2.15. The molecular formula is C56H84O2. The van der Waals surface area contributed by atoms with E-state index in [0.29, 0.717) is 17.2 Å². The van der Waals surface area contributed by atoms with Crippen LogP contribution in [0.2, 0.25) is 0 Å². The van der Waals surface area contributed by atoms with Crippen LogP contribution in [0.25, 0.3) is 10.8 Å². The molecule has 0 amide bonds. The lowest BCUT2D eigenvalue weighted by molar-refractivity contribution is 0.461. The van der Waals surface area contributed by atoms with Crippen LogP contribution >= 0.6 is 0 Å². The largest absolute Gasteiger partial charge is 0.507 e. The Hall–Kier alpha value is -3.78. The minimum absolute atomic E-state index is 0.267. The molecule has 0 aromatic heterocycles. The zero-order valence-corrected chi connectivity index (χ0v) is 39.1. The van der Waals surface area contributed by atoms with E-state index >= 15 is 0 Å². The molecule has 2 aromatic carbocycles. The molecule has 58 heavy (non-hydrogen) atoms. The summed E-state index contributed by atoms with van der Waals surface area (Å²) in [6, 6.07) is 7.51. The summed E-state index contributed by atoms with van der Waals surface area (Å²) in [5, 5.41) is 23.0. The molecule has 320 valence electrons. The number of aromatic hydroxyl groups is 2. The Kier molecular flexibility index (Phi) is 24.8. The van der Waals surface area contributed by atoms with Gasteiger partial charge in [-0.1, -0.05) is 138 Å². The lowest BCUT2D eigenvalue weighted by Gasteiger charge is -2.13. The highest BCUT2D eigenvalue weighted by Crippen LogP contribution is 2.39. The van der Waals surface area contributed by atoms with Crippen molar-refractivity contribution >= 4 is 10.8 Å². The van der Waals surface area contributed by atoms with Crippen molar-refractivity contribution in [3.05, 3.63) is 129 Å². The number of benzene rings is 2. The van der Waals surface area contributed by atoms with Crippen molar-refractivity contribution in [1.29, 1.82) is 0 Å². The van der Waals surface area contributed by atoms with Crippen molar-refractivity contribution in [2.24, 2.45) is 5.92 Å². The van der Waals surface area contributed by atoms with Crippen molar-refractivity contribution < 1.29 is 10.2 Å². The maximum atomic E-state index is 10.9. The van der Waals surface area contributed by atoms with Gasteiger partial charge >= 0.3 is 0 Å². The monoisotopic (exact) mass is 789 g/mol. The van der Waals surface area contributed by atoms with Crippen molar-refractivity contribution in [2.75, 3.05) is 0 Å². The van der Waals surface area contributed by atoms with Crippen molar-refractivity contribution in [3.63, 3.8) is 0 Å². The fraction of sp³-hybridized carbons (Fsp3) is 0.536. The first-order valence-electron chi connectivity index (χ1n) is 22.8. The third-order valence-corrected chi connectivity index (χ3v) is 11.8. The van der Waals surface area contributed by atoms with Crippen LogP contribution < -0.4 is 0 Å². The Balaban J connectivity index is 1.61. The molecule has 0 unspecified atom stereocenters. The summed E-state index contributed by atoms with van der Waals surface area (Å²) < 4.78 is 0. The molecular weight excluding hydrogens is 705 g/mol. The smallest absolute Gasteiger partial charge is 0.127 e. The summed E-state index contributed by atoms with van der Waals surface area (Å²) >= 11 is 0. The van der Waals surface area contributed by atoms with Crippen LogP contribution in [0.4, 0.5) is 0 Å². The van der Waals surface area contributed by atoms with Crippen molar-refractivity contribution in [3.8, 4) is 11.5 Å². The fourth-order valence-corrected chi connectivity index (χ4v) is 7.54. The molecule has 0 aliphatic heterocycles. The van der Waals surface area contributed by atoms with E-state index in [1.807, 2.05) is 31.2 Å². The first-order valence-corrected chi connectivity index (χ1v) is 22.8. The summed E-state index contributed by atoms with van der Waals surface area (Å²) in [5.74, 6) is 1.37. The molecule has 2 N–H and O–H groups in total. The summed E-state index contributed by atoms with van der Waals surface area (Å²) in [6.45, 7) is 24.7. The maximum absolute atomic E-state index is 10.9. The lowest BCUT2D eigenvalue weighted by atomic mass is 9.95. The van der Waals surface area contributed by atoms with E-state index < -0.39 is 0 Å². The van der Waals surface area contributed by atoms with Gasteiger partial charge < -0.3 is 10.2 Å². The van der Waals surface area contributed by atoms with Crippen LogP contribution in [0.15, 0.2) is 117 Å². The fourth-order valence-electron chi connectivity index (χ4n) is 7.54. The summed E-state index contributed by atoms with van der Waals surface area (Å²) in [5.41, 5.74) is 13.5. The van der Waals surface area contributed by atoms with Crippen LogP contribution in [0.1, 0.15) is 190 Å². The van der Waals surface area contributed by atoms with Crippen LogP contribution in [-0.4, -0.2) is 10.2 Å². The molecule has 2 heteroatoms. The minimum atomic E-state index is 0.267. The third kappa shape index (κ3) is 21.3. The average molecular weight is 789 g/mol. The molecule has 0 saturated carbocycles. The Morgan fingerprint density at radius 1 is 0.448 bits per heavy atom. The molecule has 0 heterocycles. The van der Waals surface area contributed by atoms with Gasteiger partial charge in [-0.2, -0.15) is 0 Å². The second-order valence-electron chi connectivity index (χ2n) is 18.0. The second kappa shape index (κ2) is 28.6. The molecule has 0 fully saturated rings. The summed E-state index contributed by atoms with van der Waals surface area (Å²) in [4.78, 5) is 0. The maximum Gasteiger partial charge on any atom is 0.127 e. The molecule has 0 spiro atoms. The minimum Gasteiger partial charge on any atom is -0.507 e. The van der Waals surface area contributed by atoms with Gasteiger partial charge in [0, 0.05) is 16.3 Å². The Labute approximate surface area is 357 Å². The molecule has 0 atom stereocenters. The highest BCUT2D eigenvalue weighted by atomic mass is 16.3. The summed E-state index contributed by atoms with van der Waals surface area (Å²) in [6.07, 6.45) is 39.6. The van der Waals surface area contributed by atoms with Gasteiger partial charge in [0.05, 0.1) is 0 Å². The molecule has 2 nitrogen and oxygen atoms in total. The average Bonchev–Trinajstić information content (AvgIpc) is 3.17. The van der Waals surface area contributed by atoms with E-state index in [2.05, 4.69) is 118 Å². The molecule has 0 aliphatic carbocycles. The number of phenols is 2. The van der Waals surface area contributed by atoms with Crippen molar-refractivity contribution in [2.45, 2.75) is 192 Å². The van der Waals surface area contributed by atoms with Crippen LogP contribution in [0.5, 0.6) is 11.5 Å². The van der Waals surface area contributed by atoms with E-state index in [0.717, 1.165) is 81.3 Å². The number of hydrogen-bond donors (Lipinski definition) is 2. The standard InChI is InChI=1S/C56H84O2/c1-42(2)22-14-23-43(3)24-15-25-44(4)26-16-27-45(5)28-17-29-46(6)30-18-31-47(7)32-19-33-48(8)34-20-35-49(9)36-21-37-50(10)40-41-52-51(11)55(57)53-38-12-13-39-54(53)56(52)58/h12-13,24,26,28,30,32,34,36,38-40,42,57-58H,14-23,25,27,29,31,33,35,37,41H2,1-11H3/b43-24+,44-26-,45-28+,46-30-,47-32-,48-34+,49-36+,50-40+. The molecule has 2 aromatic rings. The number of hydrogen-bond acceptors (Lipinski definition) is 2. The molecule has 2 rings (SSSR count). The number of fused-ring (bicyclic) bond motifs is 1. The Bertz CT molecular complexity index is 1790. The molecule has 0 saturated heterocycles. The topological polar surface area (TPSA) is 40.5 Å². The summed E-state index contributed by atoms with van der Waals surface area (Å²) in [7, 11) is 0. The number of allylic oxidation sites excluding steroid dienone is 16. The quantitative estimate of drug-likeness (QED) is 0.0699. The highest BCUT2D eigenvalue weighted by molar-refractivity contribution is 5.95. The van der Waals surface area contributed by atoms with E-state index in [-0.39, 0.29) is 11.5 Å². The second-order valence-corrected chi connectivity index (χ2v) is 18.0.